The summed E-state index contributed by atoms with van der Waals surface area (Å²) < 4.78 is 0. The van der Waals surface area contributed by atoms with E-state index in [4.69, 9.17) is 11.6 Å². The molecule has 1 aliphatic rings. The van der Waals surface area contributed by atoms with E-state index in [2.05, 4.69) is 17.1 Å². The minimum atomic E-state index is 0.299. The number of piperidine rings is 1. The van der Waals surface area contributed by atoms with Crippen LogP contribution < -0.4 is 5.32 Å². The third-order valence-corrected chi connectivity index (χ3v) is 4.19. The number of nitrogens with one attached hydrogen (secondary N) is 1. The second kappa shape index (κ2) is 7.13. The minimum Gasteiger partial charge on any atom is -0.508 e. The molecule has 1 fully saturated rings. The Morgan fingerprint density at radius 1 is 1.47 bits per heavy atom. The van der Waals surface area contributed by atoms with Crippen LogP contribution in [0.1, 0.15) is 25.3 Å². The molecule has 0 bridgehead atoms. The minimum absolute atomic E-state index is 0.299. The van der Waals surface area contributed by atoms with Crippen LogP contribution in [0.4, 0.5) is 0 Å². The van der Waals surface area contributed by atoms with Crippen LogP contribution >= 0.6 is 11.6 Å². The number of phenols is 1. The molecule has 1 aromatic carbocycles. The molecule has 0 amide bonds. The topological polar surface area (TPSA) is 35.5 Å². The molecule has 1 saturated heterocycles. The lowest BCUT2D eigenvalue weighted by atomic mass is 9.99. The van der Waals surface area contributed by atoms with Crippen molar-refractivity contribution in [2.75, 3.05) is 26.2 Å². The summed E-state index contributed by atoms with van der Waals surface area (Å²) in [6, 6.07) is 5.33. The van der Waals surface area contributed by atoms with Gasteiger partial charge in [-0.1, -0.05) is 24.6 Å². The summed E-state index contributed by atoms with van der Waals surface area (Å²) in [5, 5.41) is 14.0. The summed E-state index contributed by atoms with van der Waals surface area (Å²) in [5.41, 5.74) is 0.842. The zero-order valence-corrected chi connectivity index (χ0v) is 12.3. The van der Waals surface area contributed by atoms with Crippen LogP contribution in [0, 0.1) is 5.92 Å². The largest absolute Gasteiger partial charge is 0.508 e. The van der Waals surface area contributed by atoms with Crippen molar-refractivity contribution in [3.63, 3.8) is 0 Å². The Morgan fingerprint density at radius 2 is 2.32 bits per heavy atom. The SMILES string of the molecule is CCN(Cc1c(O)cccc1Cl)CC1CCCNC1. The summed E-state index contributed by atoms with van der Waals surface area (Å²) in [5.74, 6) is 1.01. The normalized spacial score (nSPS) is 19.8. The maximum absolute atomic E-state index is 9.92. The first kappa shape index (κ1) is 14.6. The highest BCUT2D eigenvalue weighted by molar-refractivity contribution is 6.31. The summed E-state index contributed by atoms with van der Waals surface area (Å²) in [4.78, 5) is 2.36. The van der Waals surface area contributed by atoms with Gasteiger partial charge in [0, 0.05) is 23.7 Å². The molecule has 0 aliphatic carbocycles. The number of hydrogen-bond donors (Lipinski definition) is 2. The van der Waals surface area contributed by atoms with Crippen molar-refractivity contribution in [1.29, 1.82) is 0 Å². The Hall–Kier alpha value is -0.770. The first-order valence-corrected chi connectivity index (χ1v) is 7.48. The van der Waals surface area contributed by atoms with Crippen LogP contribution in [0.15, 0.2) is 18.2 Å². The lowest BCUT2D eigenvalue weighted by Crippen LogP contribution is -2.38. The van der Waals surface area contributed by atoms with Crippen LogP contribution in [-0.4, -0.2) is 36.2 Å². The lowest BCUT2D eigenvalue weighted by molar-refractivity contribution is 0.208. The van der Waals surface area contributed by atoms with Crippen molar-refractivity contribution in [2.45, 2.75) is 26.3 Å². The van der Waals surface area contributed by atoms with Gasteiger partial charge in [0.15, 0.2) is 0 Å². The Morgan fingerprint density at radius 3 is 2.95 bits per heavy atom. The smallest absolute Gasteiger partial charge is 0.121 e. The van der Waals surface area contributed by atoms with Gasteiger partial charge in [-0.25, -0.2) is 0 Å². The van der Waals surface area contributed by atoms with Crippen LogP contribution in [0.5, 0.6) is 5.75 Å². The highest BCUT2D eigenvalue weighted by Crippen LogP contribution is 2.27. The highest BCUT2D eigenvalue weighted by Gasteiger charge is 2.18. The molecule has 2 rings (SSSR count). The van der Waals surface area contributed by atoms with Gasteiger partial charge in [-0.05, 0) is 50.5 Å². The molecule has 1 unspecified atom stereocenters. The Balaban J connectivity index is 1.98. The average molecular weight is 283 g/mol. The average Bonchev–Trinajstić information content (AvgIpc) is 2.43. The number of hydrogen-bond acceptors (Lipinski definition) is 3. The first-order valence-electron chi connectivity index (χ1n) is 7.10. The van der Waals surface area contributed by atoms with Crippen molar-refractivity contribution >= 4 is 11.6 Å². The van der Waals surface area contributed by atoms with Crippen molar-refractivity contribution < 1.29 is 5.11 Å². The third kappa shape index (κ3) is 4.10. The Labute approximate surface area is 120 Å². The van der Waals surface area contributed by atoms with E-state index in [9.17, 15) is 5.11 Å². The van der Waals surface area contributed by atoms with Gasteiger partial charge in [0.2, 0.25) is 0 Å². The number of benzene rings is 1. The fraction of sp³-hybridized carbons (Fsp3) is 0.600. The van der Waals surface area contributed by atoms with Crippen LogP contribution in [0.3, 0.4) is 0 Å². The van der Waals surface area contributed by atoms with Gasteiger partial charge in [-0.15, -0.1) is 0 Å². The van der Waals surface area contributed by atoms with E-state index in [0.29, 0.717) is 16.7 Å². The standard InChI is InChI=1S/C15H23ClN2O/c1-2-18(10-12-5-4-8-17-9-12)11-13-14(16)6-3-7-15(13)19/h3,6-7,12,17,19H,2,4-5,8-11H2,1H3. The van der Waals surface area contributed by atoms with Crippen molar-refractivity contribution in [3.05, 3.63) is 28.8 Å². The summed E-state index contributed by atoms with van der Waals surface area (Å²) >= 11 is 6.17. The molecule has 1 aliphatic heterocycles. The molecule has 0 radical (unpaired) electrons. The van der Waals surface area contributed by atoms with E-state index < -0.39 is 0 Å². The van der Waals surface area contributed by atoms with Gasteiger partial charge in [-0.2, -0.15) is 0 Å². The maximum Gasteiger partial charge on any atom is 0.121 e. The van der Waals surface area contributed by atoms with Gasteiger partial charge in [0.1, 0.15) is 5.75 Å². The molecule has 4 heteroatoms. The Kier molecular flexibility index (Phi) is 5.49. The van der Waals surface area contributed by atoms with Gasteiger partial charge in [-0.3, -0.25) is 4.90 Å². The van der Waals surface area contributed by atoms with E-state index in [1.807, 2.05) is 6.07 Å². The zero-order valence-electron chi connectivity index (χ0n) is 11.5. The molecule has 1 atom stereocenters. The highest BCUT2D eigenvalue weighted by atomic mass is 35.5. The monoisotopic (exact) mass is 282 g/mol. The third-order valence-electron chi connectivity index (χ3n) is 3.84. The van der Waals surface area contributed by atoms with Gasteiger partial charge >= 0.3 is 0 Å². The number of rotatable bonds is 5. The molecule has 106 valence electrons. The van der Waals surface area contributed by atoms with Gasteiger partial charge in [0.05, 0.1) is 0 Å². The summed E-state index contributed by atoms with van der Waals surface area (Å²) in [6.07, 6.45) is 2.55. The fourth-order valence-corrected chi connectivity index (χ4v) is 2.91. The van der Waals surface area contributed by atoms with E-state index in [1.165, 1.54) is 12.8 Å². The summed E-state index contributed by atoms with van der Waals surface area (Å²) in [7, 11) is 0. The predicted molar refractivity (Wildman–Crippen MR) is 79.7 cm³/mol. The van der Waals surface area contributed by atoms with Crippen molar-refractivity contribution in [1.82, 2.24) is 10.2 Å². The number of nitrogens with zero attached hydrogens (tertiary/aromatic N) is 1. The van der Waals surface area contributed by atoms with Gasteiger partial charge in [0.25, 0.3) is 0 Å². The molecule has 0 spiro atoms. The molecule has 3 nitrogen and oxygen atoms in total. The predicted octanol–water partition coefficient (Wildman–Crippen LogP) is 2.87. The Bertz CT molecular complexity index is 385. The van der Waals surface area contributed by atoms with Crippen LogP contribution in [-0.2, 0) is 6.54 Å². The molecular weight excluding hydrogens is 260 g/mol. The maximum atomic E-state index is 9.92. The second-order valence-electron chi connectivity index (χ2n) is 5.28. The molecule has 0 aromatic heterocycles. The quantitative estimate of drug-likeness (QED) is 0.872. The molecule has 19 heavy (non-hydrogen) atoms. The fourth-order valence-electron chi connectivity index (χ4n) is 2.68. The number of halogens is 1. The van der Waals surface area contributed by atoms with E-state index in [-0.39, 0.29) is 0 Å². The first-order chi connectivity index (χ1) is 9.20. The zero-order chi connectivity index (χ0) is 13.7. The van der Waals surface area contributed by atoms with Crippen molar-refractivity contribution in [2.24, 2.45) is 5.92 Å². The van der Waals surface area contributed by atoms with Crippen LogP contribution in [0.25, 0.3) is 0 Å². The van der Waals surface area contributed by atoms with E-state index in [1.54, 1.807) is 12.1 Å². The van der Waals surface area contributed by atoms with Gasteiger partial charge < -0.3 is 10.4 Å². The molecule has 0 saturated carbocycles. The number of phenolic OH excluding ortho intramolecular Hbond substituents is 1. The molecule has 1 heterocycles. The van der Waals surface area contributed by atoms with Crippen molar-refractivity contribution in [3.8, 4) is 5.75 Å². The molecule has 1 aromatic rings. The van der Waals surface area contributed by atoms with E-state index >= 15 is 0 Å². The molecular formula is C15H23ClN2O. The lowest BCUT2D eigenvalue weighted by Gasteiger charge is -2.29. The van der Waals surface area contributed by atoms with Crippen LogP contribution in [0.2, 0.25) is 5.02 Å². The number of aromatic hydroxyl groups is 1. The summed E-state index contributed by atoms with van der Waals surface area (Å²) in [6.45, 7) is 7.16. The van der Waals surface area contributed by atoms with E-state index in [0.717, 1.165) is 38.3 Å². The second-order valence-corrected chi connectivity index (χ2v) is 5.68. The molecule has 2 N–H and O–H groups in total.